The highest BCUT2D eigenvalue weighted by molar-refractivity contribution is 5.92. The molecule has 1 fully saturated rings. The molecule has 0 radical (unpaired) electrons. The molecule has 1 unspecified atom stereocenters. The molecule has 2 N–H and O–H groups in total. The van der Waals surface area contributed by atoms with Crippen molar-refractivity contribution in [1.29, 1.82) is 0 Å². The minimum Gasteiger partial charge on any atom is -0.497 e. The maximum absolute atomic E-state index is 11.8. The van der Waals surface area contributed by atoms with Crippen LogP contribution in [0.4, 0.5) is 5.69 Å². The number of rotatable bonds is 5. The minimum atomic E-state index is -0.0252. The zero-order valence-electron chi connectivity index (χ0n) is 11.5. The second kappa shape index (κ2) is 6.54. The predicted molar refractivity (Wildman–Crippen MR) is 75.5 cm³/mol. The Kier molecular flexibility index (Phi) is 4.76. The summed E-state index contributed by atoms with van der Waals surface area (Å²) in [6.07, 6.45) is 1.10. The molecule has 1 amide bonds. The van der Waals surface area contributed by atoms with Crippen LogP contribution < -0.4 is 15.4 Å². The summed E-state index contributed by atoms with van der Waals surface area (Å²) in [4.78, 5) is 14.1. The summed E-state index contributed by atoms with van der Waals surface area (Å²) >= 11 is 0. The topological polar surface area (TPSA) is 53.6 Å². The molecule has 1 aromatic rings. The van der Waals surface area contributed by atoms with Gasteiger partial charge >= 0.3 is 0 Å². The lowest BCUT2D eigenvalue weighted by Gasteiger charge is -2.13. The third-order valence-electron chi connectivity index (χ3n) is 3.30. The summed E-state index contributed by atoms with van der Waals surface area (Å²) in [7, 11) is 3.71. The lowest BCUT2D eigenvalue weighted by atomic mass is 10.2. The minimum absolute atomic E-state index is 0.0252. The molecular weight excluding hydrogens is 242 g/mol. The molecule has 1 saturated heterocycles. The van der Waals surface area contributed by atoms with Crippen LogP contribution in [0.1, 0.15) is 6.42 Å². The van der Waals surface area contributed by atoms with Gasteiger partial charge < -0.3 is 20.3 Å². The fourth-order valence-electron chi connectivity index (χ4n) is 2.24. The van der Waals surface area contributed by atoms with Crippen LogP contribution >= 0.6 is 0 Å². The van der Waals surface area contributed by atoms with Crippen LogP contribution in [0.5, 0.6) is 5.75 Å². The first kappa shape index (κ1) is 13.8. The number of likely N-dealkylation sites (N-methyl/N-ethyl adjacent to an activating group) is 1. The van der Waals surface area contributed by atoms with Crippen LogP contribution in [0.25, 0.3) is 0 Å². The summed E-state index contributed by atoms with van der Waals surface area (Å²) in [6, 6.07) is 7.78. The van der Waals surface area contributed by atoms with Crippen LogP contribution in [0.2, 0.25) is 0 Å². The van der Waals surface area contributed by atoms with Crippen molar-refractivity contribution in [1.82, 2.24) is 10.2 Å². The molecule has 1 heterocycles. The Morgan fingerprint density at radius 2 is 2.37 bits per heavy atom. The van der Waals surface area contributed by atoms with E-state index in [1.165, 1.54) is 0 Å². The fourth-order valence-corrected chi connectivity index (χ4v) is 2.24. The van der Waals surface area contributed by atoms with Crippen molar-refractivity contribution in [3.8, 4) is 5.75 Å². The molecule has 1 aliphatic rings. The Morgan fingerprint density at radius 1 is 1.53 bits per heavy atom. The van der Waals surface area contributed by atoms with Crippen LogP contribution in [0, 0.1) is 0 Å². The standard InChI is InChI=1S/C14H21N3O2/c1-17-7-6-12(10-17)15-9-14(18)16-11-4-3-5-13(8-11)19-2/h3-5,8,12,15H,6-7,9-10H2,1-2H3,(H,16,18). The van der Waals surface area contributed by atoms with Crippen molar-refractivity contribution < 1.29 is 9.53 Å². The number of carbonyl (C=O) groups is 1. The maximum atomic E-state index is 11.8. The van der Waals surface area contributed by atoms with E-state index in [1.807, 2.05) is 18.2 Å². The third kappa shape index (κ3) is 4.22. The number of likely N-dealkylation sites (tertiary alicyclic amines) is 1. The molecule has 5 heteroatoms. The molecule has 0 spiro atoms. The zero-order chi connectivity index (χ0) is 13.7. The van der Waals surface area contributed by atoms with Crippen molar-refractivity contribution in [3.05, 3.63) is 24.3 Å². The molecule has 2 rings (SSSR count). The Labute approximate surface area is 113 Å². The highest BCUT2D eigenvalue weighted by Crippen LogP contribution is 2.16. The molecule has 0 bridgehead atoms. The van der Waals surface area contributed by atoms with E-state index in [0.29, 0.717) is 12.6 Å². The van der Waals surface area contributed by atoms with Crippen LogP contribution in [-0.4, -0.2) is 50.6 Å². The largest absolute Gasteiger partial charge is 0.497 e. The van der Waals surface area contributed by atoms with E-state index in [1.54, 1.807) is 13.2 Å². The van der Waals surface area contributed by atoms with Gasteiger partial charge in [0.25, 0.3) is 0 Å². The number of carbonyl (C=O) groups excluding carboxylic acids is 1. The predicted octanol–water partition coefficient (Wildman–Crippen LogP) is 0.927. The molecular formula is C14H21N3O2. The average molecular weight is 263 g/mol. The number of hydrogen-bond donors (Lipinski definition) is 2. The second-order valence-electron chi connectivity index (χ2n) is 4.91. The molecule has 5 nitrogen and oxygen atoms in total. The van der Waals surface area contributed by atoms with Gasteiger partial charge in [0.05, 0.1) is 13.7 Å². The van der Waals surface area contributed by atoms with E-state index in [4.69, 9.17) is 4.74 Å². The van der Waals surface area contributed by atoms with Crippen molar-refractivity contribution in [3.63, 3.8) is 0 Å². The average Bonchev–Trinajstić information content (AvgIpc) is 2.82. The van der Waals surface area contributed by atoms with E-state index in [0.717, 1.165) is 30.9 Å². The van der Waals surface area contributed by atoms with Gasteiger partial charge in [0.2, 0.25) is 5.91 Å². The number of anilines is 1. The van der Waals surface area contributed by atoms with Crippen LogP contribution in [0.15, 0.2) is 24.3 Å². The summed E-state index contributed by atoms with van der Waals surface area (Å²) in [5.74, 6) is 0.714. The maximum Gasteiger partial charge on any atom is 0.238 e. The Morgan fingerprint density at radius 3 is 3.05 bits per heavy atom. The van der Waals surface area contributed by atoms with E-state index in [-0.39, 0.29) is 5.91 Å². The molecule has 1 atom stereocenters. The van der Waals surface area contributed by atoms with Crippen LogP contribution in [0.3, 0.4) is 0 Å². The van der Waals surface area contributed by atoms with Gasteiger partial charge in [-0.2, -0.15) is 0 Å². The van der Waals surface area contributed by atoms with Crippen molar-refractivity contribution in [2.45, 2.75) is 12.5 Å². The molecule has 0 saturated carbocycles. The van der Waals surface area contributed by atoms with Gasteiger partial charge in [0, 0.05) is 24.3 Å². The van der Waals surface area contributed by atoms with Gasteiger partial charge in [-0.3, -0.25) is 4.79 Å². The fraction of sp³-hybridized carbons (Fsp3) is 0.500. The Hall–Kier alpha value is -1.59. The number of nitrogens with one attached hydrogen (secondary N) is 2. The first-order chi connectivity index (χ1) is 9.17. The number of nitrogens with zero attached hydrogens (tertiary/aromatic N) is 1. The number of benzene rings is 1. The first-order valence-corrected chi connectivity index (χ1v) is 6.53. The summed E-state index contributed by atoms with van der Waals surface area (Å²) in [5, 5.41) is 6.13. The highest BCUT2D eigenvalue weighted by atomic mass is 16.5. The Balaban J connectivity index is 1.77. The number of hydrogen-bond acceptors (Lipinski definition) is 4. The van der Waals surface area contributed by atoms with Gasteiger partial charge in [-0.1, -0.05) is 6.07 Å². The molecule has 19 heavy (non-hydrogen) atoms. The zero-order valence-corrected chi connectivity index (χ0v) is 11.5. The summed E-state index contributed by atoms with van der Waals surface area (Å²) in [5.41, 5.74) is 0.759. The quantitative estimate of drug-likeness (QED) is 0.830. The monoisotopic (exact) mass is 263 g/mol. The van der Waals surface area contributed by atoms with Gasteiger partial charge in [-0.05, 0) is 32.1 Å². The molecule has 104 valence electrons. The SMILES string of the molecule is COc1cccc(NC(=O)CNC2CCN(C)C2)c1. The number of amides is 1. The van der Waals surface area contributed by atoms with Gasteiger partial charge in [0.1, 0.15) is 5.75 Å². The number of methoxy groups -OCH3 is 1. The highest BCUT2D eigenvalue weighted by Gasteiger charge is 2.19. The molecule has 1 aliphatic heterocycles. The normalized spacial score (nSPS) is 19.4. The van der Waals surface area contributed by atoms with E-state index in [9.17, 15) is 4.79 Å². The van der Waals surface area contributed by atoms with Gasteiger partial charge in [0.15, 0.2) is 0 Å². The third-order valence-corrected chi connectivity index (χ3v) is 3.30. The molecule has 0 aliphatic carbocycles. The van der Waals surface area contributed by atoms with Crippen molar-refractivity contribution in [2.75, 3.05) is 39.1 Å². The van der Waals surface area contributed by atoms with Crippen LogP contribution in [-0.2, 0) is 4.79 Å². The van der Waals surface area contributed by atoms with Crippen molar-refractivity contribution in [2.24, 2.45) is 0 Å². The smallest absolute Gasteiger partial charge is 0.238 e. The van der Waals surface area contributed by atoms with Gasteiger partial charge in [-0.25, -0.2) is 0 Å². The summed E-state index contributed by atoms with van der Waals surface area (Å²) in [6.45, 7) is 2.44. The summed E-state index contributed by atoms with van der Waals surface area (Å²) < 4.78 is 5.12. The molecule has 1 aromatic carbocycles. The van der Waals surface area contributed by atoms with E-state index >= 15 is 0 Å². The van der Waals surface area contributed by atoms with Crippen molar-refractivity contribution >= 4 is 11.6 Å². The van der Waals surface area contributed by atoms with E-state index in [2.05, 4.69) is 22.6 Å². The second-order valence-corrected chi connectivity index (χ2v) is 4.91. The molecule has 0 aromatic heterocycles. The van der Waals surface area contributed by atoms with Gasteiger partial charge in [-0.15, -0.1) is 0 Å². The lowest BCUT2D eigenvalue weighted by Crippen LogP contribution is -2.37. The lowest BCUT2D eigenvalue weighted by molar-refractivity contribution is -0.115. The number of ether oxygens (including phenoxy) is 1. The van der Waals surface area contributed by atoms with E-state index < -0.39 is 0 Å². The Bertz CT molecular complexity index is 436. The first-order valence-electron chi connectivity index (χ1n) is 6.53.